The molecule has 132 valence electrons. The van der Waals surface area contributed by atoms with Crippen LogP contribution in [0.3, 0.4) is 0 Å². The van der Waals surface area contributed by atoms with Crippen LogP contribution in [-0.4, -0.2) is 63.4 Å². The number of carbonyl (C=O) groups is 1. The number of fused-ring (bicyclic) bond motifs is 1. The zero-order chi connectivity index (χ0) is 16.8. The number of nitrogens with zero attached hydrogens (tertiary/aromatic N) is 1. The van der Waals surface area contributed by atoms with Gasteiger partial charge in [0.1, 0.15) is 0 Å². The summed E-state index contributed by atoms with van der Waals surface area (Å²) in [5.41, 5.74) is 0.496. The van der Waals surface area contributed by atoms with Gasteiger partial charge in [-0.25, -0.2) is 0 Å². The Bertz CT molecular complexity index is 576. The summed E-state index contributed by atoms with van der Waals surface area (Å²) in [5, 5.41) is 3.35. The van der Waals surface area contributed by atoms with E-state index in [1.165, 1.54) is 0 Å². The monoisotopic (exact) mass is 354 g/mol. The molecule has 0 radical (unpaired) electrons. The first kappa shape index (κ1) is 17.3. The maximum absolute atomic E-state index is 12.3. The van der Waals surface area contributed by atoms with E-state index < -0.39 is 0 Å². The highest BCUT2D eigenvalue weighted by molar-refractivity contribution is 6.32. The van der Waals surface area contributed by atoms with E-state index in [0.29, 0.717) is 41.8 Å². The fraction of sp³-hybridized carbons (Fsp3) is 0.588. The smallest absolute Gasteiger partial charge is 0.251 e. The summed E-state index contributed by atoms with van der Waals surface area (Å²) in [4.78, 5) is 14.7. The Labute approximate surface area is 147 Å². The molecule has 1 fully saturated rings. The molecule has 0 bridgehead atoms. The van der Waals surface area contributed by atoms with E-state index in [1.807, 2.05) is 0 Å². The summed E-state index contributed by atoms with van der Waals surface area (Å²) in [5.74, 6) is 0.922. The Morgan fingerprint density at radius 2 is 1.96 bits per heavy atom. The molecule has 24 heavy (non-hydrogen) atoms. The minimum atomic E-state index is -0.144. The highest BCUT2D eigenvalue weighted by atomic mass is 35.5. The van der Waals surface area contributed by atoms with Gasteiger partial charge in [-0.15, -0.1) is 0 Å². The molecule has 0 saturated carbocycles. The maximum Gasteiger partial charge on any atom is 0.251 e. The first-order chi connectivity index (χ1) is 11.7. The van der Waals surface area contributed by atoms with Crippen LogP contribution in [0.15, 0.2) is 12.1 Å². The molecule has 6 nitrogen and oxygen atoms in total. The van der Waals surface area contributed by atoms with Crippen LogP contribution in [0.25, 0.3) is 0 Å². The number of rotatable bonds is 5. The predicted octanol–water partition coefficient (Wildman–Crippen LogP) is 1.95. The third-order valence-corrected chi connectivity index (χ3v) is 4.39. The molecule has 1 aromatic carbocycles. The standard InChI is InChI=1S/C17H23ClN2O4/c18-14-11-13(12-15-16(14)24-8-2-7-23-15)17(21)19-3-1-4-20-5-9-22-10-6-20/h11-12H,1-10H2,(H,19,21). The molecule has 2 aliphatic heterocycles. The van der Waals surface area contributed by atoms with Crippen molar-refractivity contribution >= 4 is 17.5 Å². The van der Waals surface area contributed by atoms with Crippen LogP contribution in [0.2, 0.25) is 5.02 Å². The largest absolute Gasteiger partial charge is 0.489 e. The number of carbonyl (C=O) groups excluding carboxylic acids is 1. The maximum atomic E-state index is 12.3. The van der Waals surface area contributed by atoms with Gasteiger partial charge in [-0.05, 0) is 25.1 Å². The lowest BCUT2D eigenvalue weighted by molar-refractivity contribution is 0.0374. The van der Waals surface area contributed by atoms with E-state index in [-0.39, 0.29) is 5.91 Å². The van der Waals surface area contributed by atoms with Crippen LogP contribution < -0.4 is 14.8 Å². The van der Waals surface area contributed by atoms with Crippen molar-refractivity contribution in [2.45, 2.75) is 12.8 Å². The van der Waals surface area contributed by atoms with E-state index in [1.54, 1.807) is 12.1 Å². The lowest BCUT2D eigenvalue weighted by Crippen LogP contribution is -2.38. The molecule has 1 aromatic rings. The van der Waals surface area contributed by atoms with E-state index >= 15 is 0 Å². The van der Waals surface area contributed by atoms with Gasteiger partial charge in [-0.3, -0.25) is 9.69 Å². The molecule has 1 N–H and O–H groups in total. The Balaban J connectivity index is 1.51. The molecule has 3 rings (SSSR count). The third-order valence-electron chi connectivity index (χ3n) is 4.10. The molecule has 0 unspecified atom stereocenters. The van der Waals surface area contributed by atoms with Gasteiger partial charge in [0.05, 0.1) is 31.5 Å². The van der Waals surface area contributed by atoms with E-state index in [4.69, 9.17) is 25.8 Å². The zero-order valence-corrected chi connectivity index (χ0v) is 14.4. The van der Waals surface area contributed by atoms with Crippen LogP contribution in [-0.2, 0) is 4.74 Å². The van der Waals surface area contributed by atoms with Gasteiger partial charge < -0.3 is 19.5 Å². The summed E-state index contributed by atoms with van der Waals surface area (Å²) in [7, 11) is 0. The molecule has 0 atom stereocenters. The Kier molecular flexibility index (Phi) is 6.18. The lowest BCUT2D eigenvalue weighted by Gasteiger charge is -2.26. The topological polar surface area (TPSA) is 60.0 Å². The minimum absolute atomic E-state index is 0.144. The van der Waals surface area contributed by atoms with Gasteiger partial charge in [0.2, 0.25) is 0 Å². The number of halogens is 1. The van der Waals surface area contributed by atoms with Gasteiger partial charge >= 0.3 is 0 Å². The summed E-state index contributed by atoms with van der Waals surface area (Å²) < 4.78 is 16.5. The Morgan fingerprint density at radius 3 is 2.79 bits per heavy atom. The van der Waals surface area contributed by atoms with Crippen LogP contribution in [0, 0.1) is 0 Å². The van der Waals surface area contributed by atoms with Crippen LogP contribution in [0.4, 0.5) is 0 Å². The second-order valence-electron chi connectivity index (χ2n) is 5.90. The molecular formula is C17H23ClN2O4. The second-order valence-corrected chi connectivity index (χ2v) is 6.31. The van der Waals surface area contributed by atoms with E-state index in [9.17, 15) is 4.79 Å². The van der Waals surface area contributed by atoms with Crippen molar-refractivity contribution in [2.24, 2.45) is 0 Å². The second kappa shape index (κ2) is 8.55. The molecular weight excluding hydrogens is 332 g/mol. The molecule has 2 aliphatic rings. The van der Waals surface area contributed by atoms with Crippen molar-refractivity contribution in [1.29, 1.82) is 0 Å². The summed E-state index contributed by atoms with van der Waals surface area (Å²) in [6.45, 7) is 6.24. The summed E-state index contributed by atoms with van der Waals surface area (Å²) in [6.07, 6.45) is 1.71. The number of hydrogen-bond acceptors (Lipinski definition) is 5. The zero-order valence-electron chi connectivity index (χ0n) is 13.7. The average Bonchev–Trinajstić information content (AvgIpc) is 2.85. The quantitative estimate of drug-likeness (QED) is 0.819. The van der Waals surface area contributed by atoms with Crippen molar-refractivity contribution < 1.29 is 19.0 Å². The van der Waals surface area contributed by atoms with Crippen molar-refractivity contribution in [3.63, 3.8) is 0 Å². The first-order valence-electron chi connectivity index (χ1n) is 8.41. The highest BCUT2D eigenvalue weighted by Gasteiger charge is 2.18. The predicted molar refractivity (Wildman–Crippen MR) is 91.3 cm³/mol. The molecule has 0 aliphatic carbocycles. The molecule has 0 aromatic heterocycles. The van der Waals surface area contributed by atoms with Crippen molar-refractivity contribution in [2.75, 3.05) is 52.6 Å². The Morgan fingerprint density at radius 1 is 1.17 bits per heavy atom. The fourth-order valence-corrected chi connectivity index (χ4v) is 3.06. The van der Waals surface area contributed by atoms with Crippen LogP contribution in [0.5, 0.6) is 11.5 Å². The number of morpholine rings is 1. The van der Waals surface area contributed by atoms with Crippen molar-refractivity contribution in [1.82, 2.24) is 10.2 Å². The number of hydrogen-bond donors (Lipinski definition) is 1. The summed E-state index contributed by atoms with van der Waals surface area (Å²) >= 11 is 6.22. The number of amides is 1. The third kappa shape index (κ3) is 4.53. The average molecular weight is 355 g/mol. The SMILES string of the molecule is O=C(NCCCN1CCOCC1)c1cc(Cl)c2c(c1)OCCCO2. The van der Waals surface area contributed by atoms with Gasteiger partial charge in [0, 0.05) is 31.6 Å². The first-order valence-corrected chi connectivity index (χ1v) is 8.79. The van der Waals surface area contributed by atoms with Gasteiger partial charge in [-0.1, -0.05) is 11.6 Å². The molecule has 1 amide bonds. The molecule has 7 heteroatoms. The highest BCUT2D eigenvalue weighted by Crippen LogP contribution is 2.37. The van der Waals surface area contributed by atoms with Gasteiger partial charge in [-0.2, -0.15) is 0 Å². The van der Waals surface area contributed by atoms with Crippen molar-refractivity contribution in [3.8, 4) is 11.5 Å². The Hall–Kier alpha value is -1.50. The van der Waals surface area contributed by atoms with Crippen molar-refractivity contribution in [3.05, 3.63) is 22.7 Å². The van der Waals surface area contributed by atoms with Crippen LogP contribution in [0.1, 0.15) is 23.2 Å². The molecule has 0 spiro atoms. The molecule has 2 heterocycles. The van der Waals surface area contributed by atoms with E-state index in [0.717, 1.165) is 45.7 Å². The van der Waals surface area contributed by atoms with E-state index in [2.05, 4.69) is 10.2 Å². The fourth-order valence-electron chi connectivity index (χ4n) is 2.79. The number of nitrogens with one attached hydrogen (secondary N) is 1. The molecule has 1 saturated heterocycles. The number of benzene rings is 1. The van der Waals surface area contributed by atoms with Crippen LogP contribution >= 0.6 is 11.6 Å². The van der Waals surface area contributed by atoms with Gasteiger partial charge in [0.15, 0.2) is 11.5 Å². The lowest BCUT2D eigenvalue weighted by atomic mass is 10.2. The summed E-state index contributed by atoms with van der Waals surface area (Å²) in [6, 6.07) is 3.33. The normalized spacial score (nSPS) is 18.0. The minimum Gasteiger partial charge on any atom is -0.489 e. The van der Waals surface area contributed by atoms with Gasteiger partial charge in [0.25, 0.3) is 5.91 Å². The number of ether oxygens (including phenoxy) is 3.